The maximum atomic E-state index is 0. The summed E-state index contributed by atoms with van der Waals surface area (Å²) in [6.07, 6.45) is 0. The number of rotatable bonds is 0. The first-order valence-electron chi connectivity index (χ1n) is 0. The third-order valence-electron chi connectivity index (χ3n) is 0. The van der Waals surface area contributed by atoms with E-state index >= 15 is 0 Å². The van der Waals surface area contributed by atoms with Crippen LogP contribution in [0.4, 0.5) is 0 Å². The van der Waals surface area contributed by atoms with Gasteiger partial charge in [0, 0.05) is 49.4 Å². The number of hydrogen-bond acceptors (Lipinski definition) is 0. The molecule has 0 rings (SSSR count). The van der Waals surface area contributed by atoms with Crippen molar-refractivity contribution in [1.82, 2.24) is 0 Å². The van der Waals surface area contributed by atoms with Crippen LogP contribution in [0.1, 0.15) is 7.43 Å². The third kappa shape index (κ3) is 9.88. The molecule has 0 aliphatic heterocycles. The van der Waals surface area contributed by atoms with Crippen molar-refractivity contribution in [3.05, 3.63) is 0 Å². The summed E-state index contributed by atoms with van der Waals surface area (Å²) >= 11 is 0. The molecule has 0 atom stereocenters. The van der Waals surface area contributed by atoms with Gasteiger partial charge in [0.1, 0.15) is 0 Å². The molecule has 0 bridgehead atoms. The van der Waals surface area contributed by atoms with Gasteiger partial charge in [-0.1, -0.05) is 7.43 Å². The Kier molecular flexibility index (Phi) is 329. The summed E-state index contributed by atoms with van der Waals surface area (Å²) < 4.78 is 0. The van der Waals surface area contributed by atoms with Gasteiger partial charge in [0.25, 0.3) is 0 Å². The second-order valence-corrected chi connectivity index (χ2v) is 0. The Morgan fingerprint density at radius 3 is 1.00 bits per heavy atom. The minimum atomic E-state index is 0. The van der Waals surface area contributed by atoms with Crippen molar-refractivity contribution in [2.45, 2.75) is 7.43 Å². The molecule has 0 saturated heterocycles. The summed E-state index contributed by atoms with van der Waals surface area (Å²) in [5, 5.41) is 0. The smallest absolute Gasteiger partial charge is 0 e. The summed E-state index contributed by atoms with van der Waals surface area (Å²) in [5.41, 5.74) is 0. The van der Waals surface area contributed by atoms with E-state index in [9.17, 15) is 0 Å². The van der Waals surface area contributed by atoms with Crippen LogP contribution in [-0.2, 0) is 38.4 Å². The van der Waals surface area contributed by atoms with Gasteiger partial charge in [-0.2, -0.15) is 0 Å². The van der Waals surface area contributed by atoms with Crippen LogP contribution in [0.5, 0.6) is 0 Å². The predicted octanol–water partition coefficient (Wildman–Crippen LogP) is 0.250. The van der Waals surface area contributed by atoms with Gasteiger partial charge in [0.15, 0.2) is 0 Å². The van der Waals surface area contributed by atoms with E-state index in [1.54, 1.807) is 0 Å². The summed E-state index contributed by atoms with van der Waals surface area (Å²) in [6, 6.07) is 0. The molecule has 0 N–H and O–H groups in total. The van der Waals surface area contributed by atoms with Crippen molar-refractivity contribution in [2.24, 2.45) is 0 Å². The van der Waals surface area contributed by atoms with E-state index in [0.717, 1.165) is 0 Å². The van der Waals surface area contributed by atoms with E-state index in [2.05, 4.69) is 0 Å². The molecule has 0 unspecified atom stereocenters. The molecule has 0 aromatic rings. The molecule has 0 heterocycles. The van der Waals surface area contributed by atoms with E-state index in [1.807, 2.05) is 0 Å². The molecular formula is CH4CrMoSi. The molecule has 4 radical (unpaired) electrons. The normalized spacial score (nSPS) is 0. The van der Waals surface area contributed by atoms with Crippen LogP contribution in [-0.4, -0.2) is 11.0 Å². The molecule has 0 fully saturated rings. The molecule has 24 valence electrons. The Balaban J connectivity index is 0. The predicted molar refractivity (Wildman–Crippen MR) is 12.5 cm³/mol. The molecule has 4 heavy (non-hydrogen) atoms. The van der Waals surface area contributed by atoms with Gasteiger partial charge in [-0.3, -0.25) is 0 Å². The average molecular weight is 192 g/mol. The molecule has 0 saturated carbocycles. The van der Waals surface area contributed by atoms with E-state index in [0.29, 0.717) is 0 Å². The Bertz CT molecular complexity index is 8.00. The van der Waals surface area contributed by atoms with Gasteiger partial charge in [-0.15, -0.1) is 0 Å². The zero-order valence-electron chi connectivity index (χ0n) is 1.32. The van der Waals surface area contributed by atoms with E-state index in [4.69, 9.17) is 0 Å². The molecule has 0 aromatic heterocycles. The van der Waals surface area contributed by atoms with Crippen molar-refractivity contribution in [3.63, 3.8) is 0 Å². The molecule has 0 amide bonds. The van der Waals surface area contributed by atoms with Crippen LogP contribution in [0, 0.1) is 0 Å². The molecule has 0 spiro atoms. The first kappa shape index (κ1) is 51.8. The summed E-state index contributed by atoms with van der Waals surface area (Å²) in [4.78, 5) is 0. The molecule has 0 aromatic carbocycles. The standard InChI is InChI=1S/CH4.Cr.Mo.Si/h1H4;;;. The minimum Gasteiger partial charge on any atom is -0.0776 e. The zero-order chi connectivity index (χ0) is 0. The summed E-state index contributed by atoms with van der Waals surface area (Å²) in [6.45, 7) is 0. The fourth-order valence-electron chi connectivity index (χ4n) is 0. The first-order valence-corrected chi connectivity index (χ1v) is 0. The van der Waals surface area contributed by atoms with Gasteiger partial charge in [-0.05, 0) is 0 Å². The average Bonchev–Trinajstić information content (AvgIpc) is 0. The maximum absolute atomic E-state index is 0. The molecule has 3 heteroatoms. The Hall–Kier alpha value is 1.44. The van der Waals surface area contributed by atoms with Crippen LogP contribution in [0.3, 0.4) is 0 Å². The fraction of sp³-hybridized carbons (Fsp3) is 1.00. The van der Waals surface area contributed by atoms with Crippen molar-refractivity contribution >= 4 is 11.0 Å². The zero-order valence-corrected chi connectivity index (χ0v) is 5.60. The van der Waals surface area contributed by atoms with Gasteiger partial charge in [0.2, 0.25) is 0 Å². The van der Waals surface area contributed by atoms with Crippen LogP contribution < -0.4 is 0 Å². The quantitative estimate of drug-likeness (QED) is 0.482. The molecule has 0 nitrogen and oxygen atoms in total. The van der Waals surface area contributed by atoms with Crippen LogP contribution >= 0.6 is 0 Å². The SMILES string of the molecule is C.[Cr].[Mo].[Si]. The van der Waals surface area contributed by atoms with Crippen molar-refractivity contribution in [1.29, 1.82) is 0 Å². The van der Waals surface area contributed by atoms with Gasteiger partial charge in [0.05, 0.1) is 0 Å². The monoisotopic (exact) mass is 194 g/mol. The van der Waals surface area contributed by atoms with Crippen molar-refractivity contribution < 1.29 is 38.4 Å². The van der Waals surface area contributed by atoms with Gasteiger partial charge < -0.3 is 0 Å². The molecule has 0 aliphatic carbocycles. The number of hydrogen-bond donors (Lipinski definition) is 0. The van der Waals surface area contributed by atoms with Gasteiger partial charge >= 0.3 is 0 Å². The van der Waals surface area contributed by atoms with E-state index in [-0.39, 0.29) is 56.8 Å². The molecule has 0 aliphatic rings. The van der Waals surface area contributed by atoms with Crippen LogP contribution in [0.2, 0.25) is 0 Å². The van der Waals surface area contributed by atoms with Crippen molar-refractivity contribution in [2.75, 3.05) is 0 Å². The fourth-order valence-corrected chi connectivity index (χ4v) is 0. The Morgan fingerprint density at radius 1 is 1.00 bits per heavy atom. The van der Waals surface area contributed by atoms with Crippen LogP contribution in [0.15, 0.2) is 0 Å². The van der Waals surface area contributed by atoms with Gasteiger partial charge in [-0.25, -0.2) is 0 Å². The summed E-state index contributed by atoms with van der Waals surface area (Å²) in [7, 11) is 0. The minimum absolute atomic E-state index is 0. The maximum Gasteiger partial charge on any atom is 0 e. The van der Waals surface area contributed by atoms with Crippen LogP contribution in [0.25, 0.3) is 0 Å². The van der Waals surface area contributed by atoms with Crippen molar-refractivity contribution in [3.8, 4) is 0 Å². The topological polar surface area (TPSA) is 0 Å². The second-order valence-electron chi connectivity index (χ2n) is 0. The first-order chi connectivity index (χ1) is 0. The largest absolute Gasteiger partial charge is 0.0776 e. The molecular weight excluding hydrogens is 188 g/mol. The third-order valence-corrected chi connectivity index (χ3v) is 0. The van der Waals surface area contributed by atoms with E-state index < -0.39 is 0 Å². The van der Waals surface area contributed by atoms with E-state index in [1.165, 1.54) is 0 Å². The Morgan fingerprint density at radius 2 is 1.00 bits per heavy atom. The summed E-state index contributed by atoms with van der Waals surface area (Å²) in [5.74, 6) is 0. The Labute approximate surface area is 56.8 Å². The second kappa shape index (κ2) is 25.4.